The second-order valence-corrected chi connectivity index (χ2v) is 3.97. The summed E-state index contributed by atoms with van der Waals surface area (Å²) in [4.78, 5) is 11.7. The van der Waals surface area contributed by atoms with E-state index in [0.717, 1.165) is 12.1 Å². The van der Waals surface area contributed by atoms with Crippen molar-refractivity contribution in [1.82, 2.24) is 0 Å². The summed E-state index contributed by atoms with van der Waals surface area (Å²) in [7, 11) is 0. The number of hydrogen-bond acceptors (Lipinski definition) is 2. The molecule has 0 atom stereocenters. The van der Waals surface area contributed by atoms with Crippen molar-refractivity contribution in [3.63, 3.8) is 0 Å². The van der Waals surface area contributed by atoms with Gasteiger partial charge in [0.15, 0.2) is 5.76 Å². The number of carbonyl (C=O) groups excluding carboxylic acids is 1. The zero-order valence-electron chi connectivity index (χ0n) is 7.84. The smallest absolute Gasteiger partial charge is 0.234 e. The first-order valence-corrected chi connectivity index (χ1v) is 5.11. The van der Waals surface area contributed by atoms with Crippen LogP contribution in [0, 0.1) is 11.6 Å². The summed E-state index contributed by atoms with van der Waals surface area (Å²) < 4.78 is 31.9. The Morgan fingerprint density at radius 1 is 1.25 bits per heavy atom. The summed E-state index contributed by atoms with van der Waals surface area (Å²) in [5.41, 5.74) is -0.613. The van der Waals surface area contributed by atoms with Gasteiger partial charge in [-0.2, -0.15) is 0 Å². The van der Waals surface area contributed by atoms with E-state index in [-0.39, 0.29) is 10.2 Å². The lowest BCUT2D eigenvalue weighted by molar-refractivity contribution is 0.100. The summed E-state index contributed by atoms with van der Waals surface area (Å²) in [6.07, 6.45) is 1.27. The lowest BCUT2D eigenvalue weighted by atomic mass is 10.1. The number of ketones is 1. The van der Waals surface area contributed by atoms with Crippen molar-refractivity contribution in [3.8, 4) is 0 Å². The average molecular weight is 287 g/mol. The van der Waals surface area contributed by atoms with Crippen molar-refractivity contribution in [3.05, 3.63) is 58.0 Å². The van der Waals surface area contributed by atoms with Crippen LogP contribution in [-0.2, 0) is 0 Å². The standard InChI is InChI=1S/C11H5BrF2O2/c12-6-4-7(13)10(8(14)5-6)11(15)9-2-1-3-16-9/h1-5H. The third-order valence-electron chi connectivity index (χ3n) is 1.98. The molecule has 0 aliphatic rings. The Labute approximate surface area is 98.0 Å². The van der Waals surface area contributed by atoms with Gasteiger partial charge in [0.1, 0.15) is 11.6 Å². The highest BCUT2D eigenvalue weighted by atomic mass is 79.9. The van der Waals surface area contributed by atoms with Gasteiger partial charge in [-0.05, 0) is 24.3 Å². The van der Waals surface area contributed by atoms with Crippen molar-refractivity contribution in [1.29, 1.82) is 0 Å². The van der Waals surface area contributed by atoms with E-state index in [2.05, 4.69) is 15.9 Å². The molecule has 1 aromatic heterocycles. The Morgan fingerprint density at radius 3 is 2.38 bits per heavy atom. The normalized spacial score (nSPS) is 10.4. The fourth-order valence-electron chi connectivity index (χ4n) is 1.29. The molecule has 0 saturated carbocycles. The molecular formula is C11H5BrF2O2. The van der Waals surface area contributed by atoms with E-state index in [1.54, 1.807) is 0 Å². The topological polar surface area (TPSA) is 30.2 Å². The Balaban J connectivity index is 2.53. The molecule has 2 aromatic rings. The van der Waals surface area contributed by atoms with Crippen LogP contribution < -0.4 is 0 Å². The van der Waals surface area contributed by atoms with Gasteiger partial charge in [-0.3, -0.25) is 4.79 Å². The first-order chi connectivity index (χ1) is 7.59. The average Bonchev–Trinajstić information content (AvgIpc) is 2.67. The van der Waals surface area contributed by atoms with Crippen LogP contribution in [0.1, 0.15) is 16.1 Å². The highest BCUT2D eigenvalue weighted by Gasteiger charge is 2.21. The second kappa shape index (κ2) is 4.17. The molecule has 0 bridgehead atoms. The van der Waals surface area contributed by atoms with Crippen molar-refractivity contribution < 1.29 is 18.0 Å². The molecule has 0 amide bonds. The van der Waals surface area contributed by atoms with E-state index in [1.807, 2.05) is 0 Å². The Morgan fingerprint density at radius 2 is 1.88 bits per heavy atom. The van der Waals surface area contributed by atoms with E-state index in [0.29, 0.717) is 0 Å². The van der Waals surface area contributed by atoms with Crippen LogP contribution in [0.4, 0.5) is 8.78 Å². The van der Waals surface area contributed by atoms with Gasteiger partial charge in [0, 0.05) is 4.47 Å². The minimum Gasteiger partial charge on any atom is -0.461 e. The molecule has 82 valence electrons. The summed E-state index contributed by atoms with van der Waals surface area (Å²) in [5, 5.41) is 0. The number of halogens is 3. The molecule has 0 fully saturated rings. The molecule has 0 aliphatic heterocycles. The maximum absolute atomic E-state index is 13.4. The lowest BCUT2D eigenvalue weighted by Crippen LogP contribution is -2.06. The van der Waals surface area contributed by atoms with Crippen LogP contribution in [0.5, 0.6) is 0 Å². The number of hydrogen-bond donors (Lipinski definition) is 0. The van der Waals surface area contributed by atoms with Crippen molar-refractivity contribution in [2.24, 2.45) is 0 Å². The van der Waals surface area contributed by atoms with E-state index in [9.17, 15) is 13.6 Å². The van der Waals surface area contributed by atoms with Gasteiger partial charge >= 0.3 is 0 Å². The summed E-state index contributed by atoms with van der Waals surface area (Å²) >= 11 is 2.93. The third-order valence-corrected chi connectivity index (χ3v) is 2.44. The maximum atomic E-state index is 13.4. The minimum atomic E-state index is -0.923. The van der Waals surface area contributed by atoms with Crippen molar-refractivity contribution >= 4 is 21.7 Å². The molecule has 0 saturated heterocycles. The molecule has 2 nitrogen and oxygen atoms in total. The van der Waals surface area contributed by atoms with Crippen LogP contribution in [-0.4, -0.2) is 5.78 Å². The predicted octanol–water partition coefficient (Wildman–Crippen LogP) is 3.55. The quantitative estimate of drug-likeness (QED) is 0.791. The molecule has 16 heavy (non-hydrogen) atoms. The fourth-order valence-corrected chi connectivity index (χ4v) is 1.69. The molecule has 0 N–H and O–H groups in total. The van der Waals surface area contributed by atoms with Gasteiger partial charge in [-0.25, -0.2) is 8.78 Å². The molecule has 5 heteroatoms. The third kappa shape index (κ3) is 1.90. The zero-order valence-corrected chi connectivity index (χ0v) is 9.42. The Bertz CT molecular complexity index is 512. The Hall–Kier alpha value is -1.49. The van der Waals surface area contributed by atoms with Crippen molar-refractivity contribution in [2.45, 2.75) is 0 Å². The van der Waals surface area contributed by atoms with Crippen LogP contribution in [0.25, 0.3) is 0 Å². The zero-order chi connectivity index (χ0) is 11.7. The first kappa shape index (κ1) is 11.0. The van der Waals surface area contributed by atoms with Crippen LogP contribution in [0.15, 0.2) is 39.4 Å². The first-order valence-electron chi connectivity index (χ1n) is 4.32. The second-order valence-electron chi connectivity index (χ2n) is 3.05. The maximum Gasteiger partial charge on any atom is 0.234 e. The number of furan rings is 1. The molecule has 2 rings (SSSR count). The van der Waals surface area contributed by atoms with E-state index in [1.165, 1.54) is 18.4 Å². The summed E-state index contributed by atoms with van der Waals surface area (Å²) in [6, 6.07) is 4.88. The monoisotopic (exact) mass is 286 g/mol. The largest absolute Gasteiger partial charge is 0.461 e. The summed E-state index contributed by atoms with van der Waals surface area (Å²) in [6.45, 7) is 0. The highest BCUT2D eigenvalue weighted by Crippen LogP contribution is 2.22. The molecule has 0 unspecified atom stereocenters. The van der Waals surface area contributed by atoms with Gasteiger partial charge in [0.2, 0.25) is 5.78 Å². The van der Waals surface area contributed by atoms with Crippen LogP contribution in [0.2, 0.25) is 0 Å². The van der Waals surface area contributed by atoms with Gasteiger partial charge in [-0.15, -0.1) is 0 Å². The molecule has 1 aromatic carbocycles. The highest BCUT2D eigenvalue weighted by molar-refractivity contribution is 9.10. The number of benzene rings is 1. The SMILES string of the molecule is O=C(c1ccco1)c1c(F)cc(Br)cc1F. The minimum absolute atomic E-state index is 0.0971. The van der Waals surface area contributed by atoms with Gasteiger partial charge < -0.3 is 4.42 Å². The van der Waals surface area contributed by atoms with Gasteiger partial charge in [-0.1, -0.05) is 15.9 Å². The molecule has 0 spiro atoms. The summed E-state index contributed by atoms with van der Waals surface area (Å²) in [5.74, 6) is -2.76. The van der Waals surface area contributed by atoms with Crippen LogP contribution in [0.3, 0.4) is 0 Å². The lowest BCUT2D eigenvalue weighted by Gasteiger charge is -2.02. The van der Waals surface area contributed by atoms with E-state index >= 15 is 0 Å². The van der Waals surface area contributed by atoms with Crippen LogP contribution >= 0.6 is 15.9 Å². The predicted molar refractivity (Wildman–Crippen MR) is 56.2 cm³/mol. The van der Waals surface area contributed by atoms with Gasteiger partial charge in [0.25, 0.3) is 0 Å². The molecule has 1 heterocycles. The molecule has 0 aliphatic carbocycles. The van der Waals surface area contributed by atoms with Gasteiger partial charge in [0.05, 0.1) is 11.8 Å². The number of rotatable bonds is 2. The van der Waals surface area contributed by atoms with Crippen molar-refractivity contribution in [2.75, 3.05) is 0 Å². The fraction of sp³-hybridized carbons (Fsp3) is 0. The number of carbonyl (C=O) groups is 1. The van der Waals surface area contributed by atoms with E-state index < -0.39 is 23.0 Å². The Kier molecular flexibility index (Phi) is 2.87. The molecular weight excluding hydrogens is 282 g/mol. The van der Waals surface area contributed by atoms with E-state index in [4.69, 9.17) is 4.42 Å². The molecule has 0 radical (unpaired) electrons.